The Morgan fingerprint density at radius 1 is 1.12 bits per heavy atom. The van der Waals surface area contributed by atoms with Crippen molar-refractivity contribution in [2.45, 2.75) is 10.9 Å². The van der Waals surface area contributed by atoms with Crippen molar-refractivity contribution < 1.29 is 8.81 Å². The number of hydrogen-bond acceptors (Lipinski definition) is 5. The number of benzene rings is 2. The number of hydrogen-bond donors (Lipinski definition) is 1. The van der Waals surface area contributed by atoms with Gasteiger partial charge in [0, 0.05) is 10.0 Å². The van der Waals surface area contributed by atoms with Crippen molar-refractivity contribution in [2.24, 2.45) is 0 Å². The number of thioether (sulfide) groups is 1. The Hall–Kier alpha value is -2.19. The number of fused-ring (bicyclic) bond motifs is 1. The van der Waals surface area contributed by atoms with Crippen LogP contribution in [-0.4, -0.2) is 20.2 Å². The number of H-pyrrole nitrogens is 1. The fourth-order valence-electron chi connectivity index (χ4n) is 2.23. The summed E-state index contributed by atoms with van der Waals surface area (Å²) in [6.07, 6.45) is 0. The standard InChI is InChI=1S/C16H10BrFN4OS/c17-10-5-2-1-4-9(10)15-20-16(22-21-15)24-8-13-19-14-11(18)6-3-7-12(14)23-13/h1-7H,8H2,(H,20,21,22). The van der Waals surface area contributed by atoms with E-state index in [1.165, 1.54) is 17.8 Å². The van der Waals surface area contributed by atoms with E-state index in [1.807, 2.05) is 24.3 Å². The molecule has 2 aromatic heterocycles. The van der Waals surface area contributed by atoms with Crippen LogP contribution in [-0.2, 0) is 5.75 Å². The average Bonchev–Trinajstić information content (AvgIpc) is 3.20. The van der Waals surface area contributed by atoms with Crippen molar-refractivity contribution in [2.75, 3.05) is 0 Å². The molecule has 24 heavy (non-hydrogen) atoms. The molecule has 4 rings (SSSR count). The molecule has 0 spiro atoms. The molecule has 2 heterocycles. The third-order valence-corrected chi connectivity index (χ3v) is 4.86. The van der Waals surface area contributed by atoms with Gasteiger partial charge in [-0.2, -0.15) is 0 Å². The minimum atomic E-state index is -0.387. The Bertz CT molecular complexity index is 1020. The first-order valence-corrected chi connectivity index (χ1v) is 8.82. The summed E-state index contributed by atoms with van der Waals surface area (Å²) < 4.78 is 20.1. The van der Waals surface area contributed by atoms with E-state index < -0.39 is 0 Å². The second-order valence-electron chi connectivity index (χ2n) is 4.93. The molecule has 0 amide bonds. The van der Waals surface area contributed by atoms with Crippen molar-refractivity contribution in [3.63, 3.8) is 0 Å². The lowest BCUT2D eigenvalue weighted by Crippen LogP contribution is -1.83. The zero-order valence-corrected chi connectivity index (χ0v) is 14.6. The number of rotatable bonds is 4. The number of aromatic amines is 1. The monoisotopic (exact) mass is 404 g/mol. The van der Waals surface area contributed by atoms with E-state index in [2.05, 4.69) is 36.1 Å². The molecule has 0 radical (unpaired) electrons. The van der Waals surface area contributed by atoms with Crippen molar-refractivity contribution in [1.29, 1.82) is 0 Å². The maximum atomic E-state index is 13.6. The third kappa shape index (κ3) is 2.94. The first-order valence-electron chi connectivity index (χ1n) is 7.05. The smallest absolute Gasteiger partial charge is 0.209 e. The molecule has 120 valence electrons. The maximum Gasteiger partial charge on any atom is 0.209 e. The highest BCUT2D eigenvalue weighted by Crippen LogP contribution is 2.28. The predicted molar refractivity (Wildman–Crippen MR) is 93.0 cm³/mol. The molecule has 0 saturated carbocycles. The summed E-state index contributed by atoms with van der Waals surface area (Å²) in [5, 5.41) is 7.67. The van der Waals surface area contributed by atoms with Crippen molar-refractivity contribution in [3.8, 4) is 11.4 Å². The van der Waals surface area contributed by atoms with Crippen LogP contribution in [0.5, 0.6) is 0 Å². The summed E-state index contributed by atoms with van der Waals surface area (Å²) in [5.41, 5.74) is 1.62. The van der Waals surface area contributed by atoms with E-state index in [9.17, 15) is 4.39 Å². The van der Waals surface area contributed by atoms with Crippen LogP contribution < -0.4 is 0 Å². The predicted octanol–water partition coefficient (Wildman–Crippen LogP) is 4.81. The fourth-order valence-corrected chi connectivity index (χ4v) is 3.35. The number of oxazole rings is 1. The van der Waals surface area contributed by atoms with Crippen LogP contribution in [0.2, 0.25) is 0 Å². The molecule has 2 aromatic carbocycles. The molecule has 0 aliphatic heterocycles. The molecule has 8 heteroatoms. The SMILES string of the molecule is Fc1cccc2oc(CSc3n[nH]c(-c4ccccc4Br)n3)nc12. The fraction of sp³-hybridized carbons (Fsp3) is 0.0625. The topological polar surface area (TPSA) is 67.6 Å². The number of nitrogens with zero attached hydrogens (tertiary/aromatic N) is 3. The minimum absolute atomic E-state index is 0.247. The minimum Gasteiger partial charge on any atom is -0.440 e. The van der Waals surface area contributed by atoms with E-state index in [-0.39, 0.29) is 11.3 Å². The van der Waals surface area contributed by atoms with Crippen molar-refractivity contribution in [3.05, 3.63) is 58.6 Å². The van der Waals surface area contributed by atoms with Gasteiger partial charge in [0.25, 0.3) is 0 Å². The molecule has 1 N–H and O–H groups in total. The lowest BCUT2D eigenvalue weighted by Gasteiger charge is -1.98. The number of halogens is 2. The van der Waals surface area contributed by atoms with Gasteiger partial charge >= 0.3 is 0 Å². The van der Waals surface area contributed by atoms with Crippen LogP contribution in [0.3, 0.4) is 0 Å². The Labute approximate surface area is 148 Å². The second-order valence-corrected chi connectivity index (χ2v) is 6.73. The summed E-state index contributed by atoms with van der Waals surface area (Å²) in [6.45, 7) is 0. The van der Waals surface area contributed by atoms with E-state index in [0.29, 0.717) is 28.2 Å². The van der Waals surface area contributed by atoms with Crippen LogP contribution in [0, 0.1) is 5.82 Å². The summed E-state index contributed by atoms with van der Waals surface area (Å²) in [7, 11) is 0. The van der Waals surface area contributed by atoms with Gasteiger partial charge in [-0.3, -0.25) is 5.10 Å². The zero-order valence-electron chi connectivity index (χ0n) is 12.2. The van der Waals surface area contributed by atoms with Crippen LogP contribution in [0.4, 0.5) is 4.39 Å². The molecule has 0 fully saturated rings. The van der Waals surface area contributed by atoms with Crippen LogP contribution in [0.15, 0.2) is 56.5 Å². The molecule has 0 unspecified atom stereocenters. The van der Waals surface area contributed by atoms with Crippen LogP contribution >= 0.6 is 27.7 Å². The number of aromatic nitrogens is 4. The summed E-state index contributed by atoms with van der Waals surface area (Å²) >= 11 is 4.86. The summed E-state index contributed by atoms with van der Waals surface area (Å²) in [6, 6.07) is 12.4. The normalized spacial score (nSPS) is 11.2. The second kappa shape index (κ2) is 6.37. The molecule has 5 nitrogen and oxygen atoms in total. The highest BCUT2D eigenvalue weighted by molar-refractivity contribution is 9.10. The van der Waals surface area contributed by atoms with Gasteiger partial charge in [0.1, 0.15) is 5.52 Å². The zero-order chi connectivity index (χ0) is 16.5. The lowest BCUT2D eigenvalue weighted by atomic mass is 10.2. The van der Waals surface area contributed by atoms with Gasteiger partial charge < -0.3 is 4.42 Å². The summed E-state index contributed by atoms with van der Waals surface area (Å²) in [4.78, 5) is 8.62. The molecule has 0 saturated heterocycles. The molecular formula is C16H10BrFN4OS. The Kier molecular flexibility index (Phi) is 4.07. The average molecular weight is 405 g/mol. The van der Waals surface area contributed by atoms with E-state index >= 15 is 0 Å². The largest absolute Gasteiger partial charge is 0.440 e. The van der Waals surface area contributed by atoms with Crippen LogP contribution in [0.1, 0.15) is 5.89 Å². The quantitative estimate of drug-likeness (QED) is 0.494. The number of para-hydroxylation sites is 1. The van der Waals surface area contributed by atoms with E-state index in [1.54, 1.807) is 12.1 Å². The van der Waals surface area contributed by atoms with Gasteiger partial charge in [-0.25, -0.2) is 14.4 Å². The van der Waals surface area contributed by atoms with Gasteiger partial charge in [-0.05, 0) is 18.2 Å². The molecule has 4 aromatic rings. The van der Waals surface area contributed by atoms with Gasteiger partial charge in [0.05, 0.1) is 5.75 Å². The van der Waals surface area contributed by atoms with E-state index in [4.69, 9.17) is 4.42 Å². The molecule has 0 aliphatic carbocycles. The van der Waals surface area contributed by atoms with Crippen LogP contribution in [0.25, 0.3) is 22.5 Å². The Morgan fingerprint density at radius 3 is 2.83 bits per heavy atom. The van der Waals surface area contributed by atoms with Gasteiger partial charge in [-0.15, -0.1) is 5.10 Å². The molecule has 0 atom stereocenters. The molecule has 0 aliphatic rings. The number of nitrogens with one attached hydrogen (secondary N) is 1. The first-order chi connectivity index (χ1) is 11.7. The highest BCUT2D eigenvalue weighted by atomic mass is 79.9. The maximum absolute atomic E-state index is 13.6. The van der Waals surface area contributed by atoms with Gasteiger partial charge in [0.2, 0.25) is 11.0 Å². The first kappa shape index (κ1) is 15.3. The molecule has 0 bridgehead atoms. The Morgan fingerprint density at radius 2 is 2.00 bits per heavy atom. The summed E-state index contributed by atoms with van der Waals surface area (Å²) in [5.74, 6) is 1.14. The lowest BCUT2D eigenvalue weighted by molar-refractivity contribution is 0.556. The van der Waals surface area contributed by atoms with Crippen molar-refractivity contribution in [1.82, 2.24) is 20.2 Å². The van der Waals surface area contributed by atoms with Gasteiger partial charge in [-0.1, -0.05) is 52.0 Å². The molecular weight excluding hydrogens is 395 g/mol. The third-order valence-electron chi connectivity index (χ3n) is 3.33. The van der Waals surface area contributed by atoms with Gasteiger partial charge in [0.15, 0.2) is 17.2 Å². The van der Waals surface area contributed by atoms with Crippen molar-refractivity contribution >= 4 is 38.8 Å². The Balaban J connectivity index is 1.52. The highest BCUT2D eigenvalue weighted by Gasteiger charge is 2.13. The van der Waals surface area contributed by atoms with E-state index in [0.717, 1.165) is 10.0 Å².